The average Bonchev–Trinajstić information content (AvgIpc) is 2.86. The number of rotatable bonds is 6. The molecule has 0 atom stereocenters. The van der Waals surface area contributed by atoms with Gasteiger partial charge in [0.1, 0.15) is 0 Å². The van der Waals surface area contributed by atoms with Crippen molar-refractivity contribution in [2.45, 2.75) is 52.5 Å². The Labute approximate surface area is 137 Å². The molecule has 2 amide bonds. The first kappa shape index (κ1) is 17.2. The minimum Gasteiger partial charge on any atom is -0.348 e. The van der Waals surface area contributed by atoms with Crippen LogP contribution in [0.5, 0.6) is 0 Å². The molecule has 0 spiro atoms. The Hall–Kier alpha value is -2.11. The molecular formula is C17H26N4O2. The number of nitrogens with zero attached hydrogens (tertiary/aromatic N) is 2. The summed E-state index contributed by atoms with van der Waals surface area (Å²) in [5.74, 6) is -1.14. The molecule has 6 heteroatoms. The van der Waals surface area contributed by atoms with Crippen LogP contribution in [0.25, 0.3) is 0 Å². The molecule has 0 saturated carbocycles. The molecule has 0 saturated heterocycles. The largest absolute Gasteiger partial charge is 0.348 e. The monoisotopic (exact) mass is 318 g/mol. The summed E-state index contributed by atoms with van der Waals surface area (Å²) in [6.45, 7) is 5.37. The molecule has 0 unspecified atom stereocenters. The molecule has 0 bridgehead atoms. The van der Waals surface area contributed by atoms with E-state index in [0.29, 0.717) is 19.6 Å². The Morgan fingerprint density at radius 3 is 2.52 bits per heavy atom. The molecule has 126 valence electrons. The lowest BCUT2D eigenvalue weighted by Crippen LogP contribution is -2.41. The minimum absolute atomic E-state index is 0.388. The topological polar surface area (TPSA) is 76.0 Å². The fourth-order valence-corrected chi connectivity index (χ4v) is 2.81. The van der Waals surface area contributed by atoms with Gasteiger partial charge < -0.3 is 10.6 Å². The van der Waals surface area contributed by atoms with Gasteiger partial charge in [-0.2, -0.15) is 5.10 Å². The van der Waals surface area contributed by atoms with Gasteiger partial charge >= 0.3 is 11.8 Å². The van der Waals surface area contributed by atoms with E-state index in [9.17, 15) is 9.59 Å². The molecule has 0 fully saturated rings. The molecule has 6 nitrogen and oxygen atoms in total. The second-order valence-corrected chi connectivity index (χ2v) is 6.02. The Kier molecular flexibility index (Phi) is 6.38. The van der Waals surface area contributed by atoms with E-state index in [1.807, 2.05) is 24.6 Å². The summed E-state index contributed by atoms with van der Waals surface area (Å²) in [5.41, 5.74) is 3.38. The Balaban J connectivity index is 1.63. The van der Waals surface area contributed by atoms with Crippen LogP contribution in [0.2, 0.25) is 0 Å². The van der Waals surface area contributed by atoms with Gasteiger partial charge in [0.25, 0.3) is 0 Å². The molecule has 2 rings (SSSR count). The van der Waals surface area contributed by atoms with Crippen LogP contribution < -0.4 is 10.6 Å². The molecule has 0 aliphatic heterocycles. The summed E-state index contributed by atoms with van der Waals surface area (Å²) in [7, 11) is 0. The first-order valence-electron chi connectivity index (χ1n) is 8.31. The normalized spacial score (nSPS) is 14.3. The molecule has 1 heterocycles. The van der Waals surface area contributed by atoms with Gasteiger partial charge in [0, 0.05) is 18.8 Å². The van der Waals surface area contributed by atoms with Gasteiger partial charge in [-0.1, -0.05) is 11.6 Å². The van der Waals surface area contributed by atoms with E-state index in [0.717, 1.165) is 30.7 Å². The van der Waals surface area contributed by atoms with Gasteiger partial charge in [0.15, 0.2) is 0 Å². The first-order chi connectivity index (χ1) is 11.1. The highest BCUT2D eigenvalue weighted by atomic mass is 16.2. The maximum atomic E-state index is 11.7. The summed E-state index contributed by atoms with van der Waals surface area (Å²) < 4.78 is 1.82. The van der Waals surface area contributed by atoms with Crippen LogP contribution in [0, 0.1) is 13.8 Å². The standard InChI is InChI=1S/C17H26N4O2/c1-13-12-14(2)21(20-13)11-10-19-17(23)16(22)18-9-8-15-6-4-3-5-7-15/h6,12H,3-5,7-11H2,1-2H3,(H,18,22)(H,19,23). The number of hydrogen-bond donors (Lipinski definition) is 2. The van der Waals surface area contributed by atoms with E-state index < -0.39 is 11.8 Å². The highest BCUT2D eigenvalue weighted by Gasteiger charge is 2.13. The van der Waals surface area contributed by atoms with Crippen LogP contribution in [-0.2, 0) is 16.1 Å². The van der Waals surface area contributed by atoms with Crippen molar-refractivity contribution in [2.75, 3.05) is 13.1 Å². The fourth-order valence-electron chi connectivity index (χ4n) is 2.81. The molecule has 1 aliphatic carbocycles. The third-order valence-electron chi connectivity index (χ3n) is 4.04. The van der Waals surface area contributed by atoms with Crippen molar-refractivity contribution in [3.05, 3.63) is 29.1 Å². The lowest BCUT2D eigenvalue weighted by atomic mass is 9.97. The van der Waals surface area contributed by atoms with Gasteiger partial charge in [0.2, 0.25) is 0 Å². The zero-order valence-corrected chi connectivity index (χ0v) is 14.0. The molecule has 1 aromatic rings. The molecule has 23 heavy (non-hydrogen) atoms. The number of hydrogen-bond acceptors (Lipinski definition) is 3. The van der Waals surface area contributed by atoms with Crippen LogP contribution in [0.1, 0.15) is 43.5 Å². The third-order valence-corrected chi connectivity index (χ3v) is 4.04. The number of aryl methyl sites for hydroxylation is 2. The van der Waals surface area contributed by atoms with Crippen molar-refractivity contribution in [3.63, 3.8) is 0 Å². The quantitative estimate of drug-likeness (QED) is 0.618. The van der Waals surface area contributed by atoms with Crippen molar-refractivity contribution < 1.29 is 9.59 Å². The number of allylic oxidation sites excluding steroid dienone is 1. The third kappa shape index (κ3) is 5.54. The maximum absolute atomic E-state index is 11.7. The van der Waals surface area contributed by atoms with Gasteiger partial charge in [0.05, 0.1) is 12.2 Å². The van der Waals surface area contributed by atoms with E-state index in [-0.39, 0.29) is 0 Å². The summed E-state index contributed by atoms with van der Waals surface area (Å²) in [4.78, 5) is 23.5. The number of amides is 2. The average molecular weight is 318 g/mol. The Morgan fingerprint density at radius 2 is 1.91 bits per heavy atom. The molecule has 0 aromatic carbocycles. The van der Waals surface area contributed by atoms with Crippen molar-refractivity contribution in [1.82, 2.24) is 20.4 Å². The first-order valence-corrected chi connectivity index (χ1v) is 8.31. The molecule has 1 aliphatic rings. The van der Waals surface area contributed by atoms with Crippen LogP contribution in [0.4, 0.5) is 0 Å². The van der Waals surface area contributed by atoms with Crippen molar-refractivity contribution >= 4 is 11.8 Å². The SMILES string of the molecule is Cc1cc(C)n(CCNC(=O)C(=O)NCCC2=CCCCC2)n1. The van der Waals surface area contributed by atoms with Crippen molar-refractivity contribution in [2.24, 2.45) is 0 Å². The molecule has 0 radical (unpaired) electrons. The van der Waals surface area contributed by atoms with Gasteiger partial charge in [-0.05, 0) is 52.0 Å². The zero-order chi connectivity index (χ0) is 16.7. The highest BCUT2D eigenvalue weighted by Crippen LogP contribution is 2.19. The molecule has 2 N–H and O–H groups in total. The highest BCUT2D eigenvalue weighted by molar-refractivity contribution is 6.35. The van der Waals surface area contributed by atoms with E-state index in [2.05, 4.69) is 21.8 Å². The van der Waals surface area contributed by atoms with Gasteiger partial charge in [-0.3, -0.25) is 14.3 Å². The smallest absolute Gasteiger partial charge is 0.309 e. The predicted octanol–water partition coefficient (Wildman–Crippen LogP) is 1.62. The second kappa shape index (κ2) is 8.50. The number of carbonyl (C=O) groups excluding carboxylic acids is 2. The van der Waals surface area contributed by atoms with Crippen LogP contribution >= 0.6 is 0 Å². The maximum Gasteiger partial charge on any atom is 0.309 e. The summed E-state index contributed by atoms with van der Waals surface area (Å²) in [5, 5.41) is 9.62. The number of nitrogens with one attached hydrogen (secondary N) is 2. The fraction of sp³-hybridized carbons (Fsp3) is 0.588. The number of aromatic nitrogens is 2. The minimum atomic E-state index is -0.579. The van der Waals surface area contributed by atoms with Crippen molar-refractivity contribution in [3.8, 4) is 0 Å². The van der Waals surface area contributed by atoms with Gasteiger partial charge in [-0.15, -0.1) is 0 Å². The molecule has 1 aromatic heterocycles. The lowest BCUT2D eigenvalue weighted by Gasteiger charge is -2.13. The van der Waals surface area contributed by atoms with Crippen LogP contribution in [0.15, 0.2) is 17.7 Å². The van der Waals surface area contributed by atoms with E-state index in [4.69, 9.17) is 0 Å². The van der Waals surface area contributed by atoms with Crippen LogP contribution in [0.3, 0.4) is 0 Å². The summed E-state index contributed by atoms with van der Waals surface area (Å²) in [6.07, 6.45) is 7.83. The van der Waals surface area contributed by atoms with Crippen LogP contribution in [-0.4, -0.2) is 34.7 Å². The van der Waals surface area contributed by atoms with Gasteiger partial charge in [-0.25, -0.2) is 0 Å². The van der Waals surface area contributed by atoms with E-state index in [1.54, 1.807) is 0 Å². The number of carbonyl (C=O) groups is 2. The second-order valence-electron chi connectivity index (χ2n) is 6.02. The predicted molar refractivity (Wildman–Crippen MR) is 88.9 cm³/mol. The summed E-state index contributed by atoms with van der Waals surface area (Å²) in [6, 6.07) is 1.98. The zero-order valence-electron chi connectivity index (χ0n) is 14.0. The molecular weight excluding hydrogens is 292 g/mol. The van der Waals surface area contributed by atoms with Crippen molar-refractivity contribution in [1.29, 1.82) is 0 Å². The Morgan fingerprint density at radius 1 is 1.17 bits per heavy atom. The van der Waals surface area contributed by atoms with E-state index in [1.165, 1.54) is 18.4 Å². The summed E-state index contributed by atoms with van der Waals surface area (Å²) >= 11 is 0. The van der Waals surface area contributed by atoms with E-state index >= 15 is 0 Å². The lowest BCUT2D eigenvalue weighted by molar-refractivity contribution is -0.139. The Bertz CT molecular complexity index is 589.